The Kier molecular flexibility index (Phi) is 2.80. The van der Waals surface area contributed by atoms with Crippen molar-refractivity contribution in [3.63, 3.8) is 0 Å². The van der Waals surface area contributed by atoms with Gasteiger partial charge in [0.1, 0.15) is 5.52 Å². The van der Waals surface area contributed by atoms with Crippen LogP contribution in [0.1, 0.15) is 5.69 Å². The Morgan fingerprint density at radius 2 is 2.05 bits per heavy atom. The van der Waals surface area contributed by atoms with Gasteiger partial charge in [-0.2, -0.15) is 10.2 Å². The normalized spacial score (nSPS) is 11.5. The fraction of sp³-hybridized carbons (Fsp3) is 0.133. The van der Waals surface area contributed by atoms with E-state index in [9.17, 15) is 0 Å². The maximum absolute atomic E-state index is 6.06. The first-order chi connectivity index (χ1) is 10.8. The highest BCUT2D eigenvalue weighted by atomic mass is 15.1. The second-order valence-electron chi connectivity index (χ2n) is 5.16. The molecule has 1 aromatic carbocycles. The van der Waals surface area contributed by atoms with Gasteiger partial charge >= 0.3 is 0 Å². The average Bonchev–Trinajstić information content (AvgIpc) is 3.17. The average molecular weight is 293 g/mol. The Balaban J connectivity index is 2.02. The molecule has 6 N–H and O–H groups in total. The van der Waals surface area contributed by atoms with Crippen LogP contribution in [-0.2, 0) is 6.42 Å². The number of nitrogen functional groups attached to an aromatic ring is 1. The molecule has 0 spiro atoms. The Bertz CT molecular complexity index is 953. The molecule has 3 aromatic heterocycles. The van der Waals surface area contributed by atoms with Crippen molar-refractivity contribution in [2.75, 3.05) is 12.3 Å². The van der Waals surface area contributed by atoms with Gasteiger partial charge in [-0.25, -0.2) is 4.98 Å². The number of nitrogens with zero attached hydrogens (tertiary/aromatic N) is 3. The number of hydrogen-bond acceptors (Lipinski definition) is 5. The maximum Gasteiger partial charge on any atom is 0.152 e. The van der Waals surface area contributed by atoms with Crippen molar-refractivity contribution in [1.82, 2.24) is 25.4 Å². The van der Waals surface area contributed by atoms with Crippen LogP contribution in [0.25, 0.3) is 33.1 Å². The molecule has 0 aliphatic heterocycles. The van der Waals surface area contributed by atoms with Gasteiger partial charge in [-0.3, -0.25) is 10.2 Å². The van der Waals surface area contributed by atoms with Crippen molar-refractivity contribution in [3.05, 3.63) is 36.2 Å². The Morgan fingerprint density at radius 1 is 1.14 bits per heavy atom. The molecule has 4 aromatic rings. The maximum atomic E-state index is 6.06. The minimum atomic E-state index is 0.420. The van der Waals surface area contributed by atoms with Crippen molar-refractivity contribution in [1.29, 1.82) is 0 Å². The molecular weight excluding hydrogens is 278 g/mol. The van der Waals surface area contributed by atoms with E-state index in [0.717, 1.165) is 39.7 Å². The minimum absolute atomic E-state index is 0.420. The number of nitrogens with one attached hydrogen (secondary N) is 2. The summed E-state index contributed by atoms with van der Waals surface area (Å²) < 4.78 is 0. The van der Waals surface area contributed by atoms with Crippen LogP contribution in [0, 0.1) is 0 Å². The number of H-pyrrole nitrogens is 2. The van der Waals surface area contributed by atoms with Crippen LogP contribution < -0.4 is 11.5 Å². The van der Waals surface area contributed by atoms with E-state index in [2.05, 4.69) is 25.4 Å². The van der Waals surface area contributed by atoms with Gasteiger partial charge < -0.3 is 11.5 Å². The molecule has 7 nitrogen and oxygen atoms in total. The van der Waals surface area contributed by atoms with E-state index in [1.807, 2.05) is 24.3 Å². The van der Waals surface area contributed by atoms with Gasteiger partial charge in [0.2, 0.25) is 0 Å². The fourth-order valence-electron chi connectivity index (χ4n) is 2.78. The summed E-state index contributed by atoms with van der Waals surface area (Å²) in [6.45, 7) is 0.549. The topological polar surface area (TPSA) is 122 Å². The van der Waals surface area contributed by atoms with Gasteiger partial charge in [0.15, 0.2) is 5.82 Å². The molecule has 22 heavy (non-hydrogen) atoms. The highest BCUT2D eigenvalue weighted by Gasteiger charge is 2.14. The summed E-state index contributed by atoms with van der Waals surface area (Å²) >= 11 is 0. The molecule has 4 rings (SSSR count). The van der Waals surface area contributed by atoms with Gasteiger partial charge in [-0.05, 0) is 18.7 Å². The van der Waals surface area contributed by atoms with Crippen molar-refractivity contribution in [2.24, 2.45) is 5.73 Å². The lowest BCUT2D eigenvalue weighted by molar-refractivity contribution is 0.910. The van der Waals surface area contributed by atoms with Gasteiger partial charge in [-0.15, -0.1) is 0 Å². The van der Waals surface area contributed by atoms with Gasteiger partial charge in [-0.1, -0.05) is 12.1 Å². The molecule has 0 atom stereocenters. The quantitative estimate of drug-likeness (QED) is 0.457. The molecule has 0 saturated heterocycles. The predicted molar refractivity (Wildman–Crippen MR) is 86.1 cm³/mol. The molecule has 0 unspecified atom stereocenters. The summed E-state index contributed by atoms with van der Waals surface area (Å²) in [7, 11) is 0. The molecule has 0 saturated carbocycles. The zero-order valence-electron chi connectivity index (χ0n) is 11.8. The van der Waals surface area contributed by atoms with Gasteiger partial charge in [0, 0.05) is 34.6 Å². The van der Waals surface area contributed by atoms with Crippen LogP contribution in [0.5, 0.6) is 0 Å². The first-order valence-electron chi connectivity index (χ1n) is 7.04. The summed E-state index contributed by atoms with van der Waals surface area (Å²) in [5.41, 5.74) is 16.2. The zero-order chi connectivity index (χ0) is 15.1. The Morgan fingerprint density at radius 3 is 2.82 bits per heavy atom. The van der Waals surface area contributed by atoms with Crippen LogP contribution >= 0.6 is 0 Å². The molecule has 7 heteroatoms. The lowest BCUT2D eigenvalue weighted by atomic mass is 10.0. The Hall–Kier alpha value is -2.93. The third kappa shape index (κ3) is 1.83. The molecule has 0 aliphatic carbocycles. The first-order valence-corrected chi connectivity index (χ1v) is 7.04. The fourth-order valence-corrected chi connectivity index (χ4v) is 2.78. The van der Waals surface area contributed by atoms with Crippen LogP contribution in [0.4, 0.5) is 5.82 Å². The van der Waals surface area contributed by atoms with E-state index < -0.39 is 0 Å². The minimum Gasteiger partial charge on any atom is -0.382 e. The van der Waals surface area contributed by atoms with Crippen LogP contribution in [0.15, 0.2) is 30.5 Å². The van der Waals surface area contributed by atoms with Crippen molar-refractivity contribution >= 4 is 27.6 Å². The second-order valence-corrected chi connectivity index (χ2v) is 5.16. The summed E-state index contributed by atoms with van der Waals surface area (Å²) in [6.07, 6.45) is 2.44. The summed E-state index contributed by atoms with van der Waals surface area (Å²) in [4.78, 5) is 4.48. The summed E-state index contributed by atoms with van der Waals surface area (Å²) in [5.74, 6) is 0.420. The van der Waals surface area contributed by atoms with E-state index in [4.69, 9.17) is 11.5 Å². The van der Waals surface area contributed by atoms with Crippen LogP contribution in [0.2, 0.25) is 0 Å². The molecule has 0 radical (unpaired) electrons. The number of benzene rings is 1. The second kappa shape index (κ2) is 4.81. The zero-order valence-corrected chi connectivity index (χ0v) is 11.8. The highest BCUT2D eigenvalue weighted by molar-refractivity contribution is 6.10. The Labute approximate surface area is 125 Å². The first kappa shape index (κ1) is 12.8. The standard InChI is InChI=1S/C15H15N7/c16-5-3-11-13-9-2-1-8(10-4-6-18-20-10)7-12(9)19-15(17)14(13)22-21-11/h1-2,4,6-7H,3,5,16H2,(H2,17,19)(H,18,20)(H,21,22). The molecular formula is C15H15N7. The van der Waals surface area contributed by atoms with Gasteiger partial charge in [0.25, 0.3) is 0 Å². The SMILES string of the molecule is NCCc1[nH]nc2c(N)nc3cc(-c4ccn[nH]4)ccc3c12. The lowest BCUT2D eigenvalue weighted by Gasteiger charge is -2.05. The molecule has 0 bridgehead atoms. The third-order valence-electron chi connectivity index (χ3n) is 3.80. The largest absolute Gasteiger partial charge is 0.382 e. The van der Waals surface area contributed by atoms with E-state index >= 15 is 0 Å². The van der Waals surface area contributed by atoms with Crippen LogP contribution in [0.3, 0.4) is 0 Å². The van der Waals surface area contributed by atoms with Gasteiger partial charge in [0.05, 0.1) is 11.2 Å². The number of fused-ring (bicyclic) bond motifs is 3. The van der Waals surface area contributed by atoms with Crippen molar-refractivity contribution < 1.29 is 0 Å². The number of nitrogens with two attached hydrogens (primary N) is 2. The third-order valence-corrected chi connectivity index (χ3v) is 3.80. The van der Waals surface area contributed by atoms with E-state index in [-0.39, 0.29) is 0 Å². The molecule has 0 aliphatic rings. The summed E-state index contributed by atoms with van der Waals surface area (Å²) in [5, 5.41) is 16.3. The smallest absolute Gasteiger partial charge is 0.152 e. The number of hydrogen-bond donors (Lipinski definition) is 4. The van der Waals surface area contributed by atoms with E-state index in [1.165, 1.54) is 0 Å². The predicted octanol–water partition coefficient (Wildman–Crippen LogP) is 1.58. The number of aromatic amines is 2. The molecule has 110 valence electrons. The molecule has 3 heterocycles. The summed E-state index contributed by atoms with van der Waals surface area (Å²) in [6, 6.07) is 7.99. The number of anilines is 1. The number of rotatable bonds is 3. The lowest BCUT2D eigenvalue weighted by Crippen LogP contribution is -2.03. The van der Waals surface area contributed by atoms with Crippen molar-refractivity contribution in [2.45, 2.75) is 6.42 Å². The van der Waals surface area contributed by atoms with Crippen molar-refractivity contribution in [3.8, 4) is 11.3 Å². The molecule has 0 fully saturated rings. The molecule has 0 amide bonds. The highest BCUT2D eigenvalue weighted by Crippen LogP contribution is 2.31. The number of pyridine rings is 1. The van der Waals surface area contributed by atoms with E-state index in [0.29, 0.717) is 17.9 Å². The number of aromatic nitrogens is 5. The van der Waals surface area contributed by atoms with Crippen LogP contribution in [-0.4, -0.2) is 31.9 Å². The van der Waals surface area contributed by atoms with E-state index in [1.54, 1.807) is 6.20 Å². The monoisotopic (exact) mass is 293 g/mol.